The minimum Gasteiger partial charge on any atom is -0.493 e. The second kappa shape index (κ2) is 6.09. The highest BCUT2D eigenvalue weighted by molar-refractivity contribution is 5.96. The first-order chi connectivity index (χ1) is 9.18. The van der Waals surface area contributed by atoms with Gasteiger partial charge in [-0.2, -0.15) is 0 Å². The van der Waals surface area contributed by atoms with Crippen LogP contribution in [0.1, 0.15) is 16.8 Å². The van der Waals surface area contributed by atoms with E-state index in [1.54, 1.807) is 24.3 Å². The van der Waals surface area contributed by atoms with Crippen molar-refractivity contribution in [1.82, 2.24) is 0 Å². The molecule has 0 N–H and O–H groups in total. The van der Waals surface area contributed by atoms with Gasteiger partial charge in [0.2, 0.25) is 0 Å². The molecule has 0 aromatic heterocycles. The first-order valence-corrected chi connectivity index (χ1v) is 5.83. The van der Waals surface area contributed by atoms with E-state index < -0.39 is 23.0 Å². The van der Waals surface area contributed by atoms with Crippen molar-refractivity contribution in [3.8, 4) is 5.75 Å². The zero-order chi connectivity index (χ0) is 13.7. The fourth-order valence-corrected chi connectivity index (χ4v) is 1.67. The molecule has 0 unspecified atom stereocenters. The third-order valence-corrected chi connectivity index (χ3v) is 2.58. The number of halogens is 2. The van der Waals surface area contributed by atoms with Gasteiger partial charge in [-0.05, 0) is 24.3 Å². The van der Waals surface area contributed by atoms with E-state index in [1.807, 2.05) is 6.07 Å². The molecule has 2 rings (SSSR count). The average Bonchev–Trinajstić information content (AvgIpc) is 2.40. The van der Waals surface area contributed by atoms with Gasteiger partial charge in [-0.15, -0.1) is 0 Å². The summed E-state index contributed by atoms with van der Waals surface area (Å²) in [6, 6.07) is 12.3. The Morgan fingerprint density at radius 3 is 2.21 bits per heavy atom. The quantitative estimate of drug-likeness (QED) is 0.769. The molecule has 0 atom stereocenters. The summed E-state index contributed by atoms with van der Waals surface area (Å²) in [6.45, 7) is 0.0800. The number of hydrogen-bond acceptors (Lipinski definition) is 2. The Labute approximate surface area is 109 Å². The lowest BCUT2D eigenvalue weighted by atomic mass is 10.1. The highest BCUT2D eigenvalue weighted by Crippen LogP contribution is 2.15. The Bertz CT molecular complexity index is 547. The third-order valence-electron chi connectivity index (χ3n) is 2.58. The molecule has 0 spiro atoms. The van der Waals surface area contributed by atoms with Gasteiger partial charge in [0.1, 0.15) is 17.4 Å². The lowest BCUT2D eigenvalue weighted by molar-refractivity contribution is 0.0954. The van der Waals surface area contributed by atoms with Crippen molar-refractivity contribution >= 4 is 5.78 Å². The number of carbonyl (C=O) groups is 1. The van der Waals surface area contributed by atoms with E-state index in [-0.39, 0.29) is 13.0 Å². The number of carbonyl (C=O) groups excluding carboxylic acids is 1. The van der Waals surface area contributed by atoms with Crippen LogP contribution < -0.4 is 4.74 Å². The number of ether oxygens (including phenoxy) is 1. The first kappa shape index (κ1) is 13.2. The van der Waals surface area contributed by atoms with E-state index in [2.05, 4.69) is 0 Å². The van der Waals surface area contributed by atoms with E-state index in [1.165, 1.54) is 6.07 Å². The summed E-state index contributed by atoms with van der Waals surface area (Å²) in [4.78, 5) is 11.7. The third kappa shape index (κ3) is 3.37. The van der Waals surface area contributed by atoms with Crippen LogP contribution in [0.5, 0.6) is 5.75 Å². The standard InChI is InChI=1S/C15H12F2O2/c16-12-7-4-8-13(17)15(12)14(18)9-10-19-11-5-2-1-3-6-11/h1-8H,9-10H2. The zero-order valence-corrected chi connectivity index (χ0v) is 10.1. The maximum absolute atomic E-state index is 13.3. The lowest BCUT2D eigenvalue weighted by Gasteiger charge is -2.06. The number of benzene rings is 2. The summed E-state index contributed by atoms with van der Waals surface area (Å²) < 4.78 is 32.0. The lowest BCUT2D eigenvalue weighted by Crippen LogP contribution is -2.10. The highest BCUT2D eigenvalue weighted by atomic mass is 19.1. The molecule has 0 aliphatic heterocycles. The Morgan fingerprint density at radius 2 is 1.58 bits per heavy atom. The van der Waals surface area contributed by atoms with Crippen molar-refractivity contribution in [1.29, 1.82) is 0 Å². The molecule has 0 aliphatic rings. The van der Waals surface area contributed by atoms with Gasteiger partial charge >= 0.3 is 0 Å². The summed E-state index contributed by atoms with van der Waals surface area (Å²) in [5.41, 5.74) is -0.501. The fourth-order valence-electron chi connectivity index (χ4n) is 1.67. The molecule has 0 fully saturated rings. The van der Waals surface area contributed by atoms with Crippen LogP contribution in [0.15, 0.2) is 48.5 Å². The van der Waals surface area contributed by atoms with Crippen LogP contribution in [-0.4, -0.2) is 12.4 Å². The largest absolute Gasteiger partial charge is 0.493 e. The summed E-state index contributed by atoms with van der Waals surface area (Å²) in [5.74, 6) is -1.68. The number of hydrogen-bond donors (Lipinski definition) is 0. The summed E-state index contributed by atoms with van der Waals surface area (Å²) >= 11 is 0. The maximum atomic E-state index is 13.3. The minimum absolute atomic E-state index is 0.0766. The molecule has 0 heterocycles. The van der Waals surface area contributed by atoms with Crippen LogP contribution in [-0.2, 0) is 0 Å². The van der Waals surface area contributed by atoms with Crippen LogP contribution in [0.25, 0.3) is 0 Å². The molecular weight excluding hydrogens is 250 g/mol. The SMILES string of the molecule is O=C(CCOc1ccccc1)c1c(F)cccc1F. The Morgan fingerprint density at radius 1 is 0.947 bits per heavy atom. The number of rotatable bonds is 5. The Kier molecular flexibility index (Phi) is 4.23. The maximum Gasteiger partial charge on any atom is 0.172 e. The van der Waals surface area contributed by atoms with Crippen molar-refractivity contribution < 1.29 is 18.3 Å². The molecule has 0 saturated carbocycles. The predicted molar refractivity (Wildman–Crippen MR) is 67.2 cm³/mol. The fraction of sp³-hybridized carbons (Fsp3) is 0.133. The molecule has 98 valence electrons. The molecule has 0 radical (unpaired) electrons. The number of Topliss-reactive ketones (excluding diaryl/α,β-unsaturated/α-hetero) is 1. The van der Waals surface area contributed by atoms with E-state index in [0.717, 1.165) is 12.1 Å². The Balaban J connectivity index is 1.95. The Hall–Kier alpha value is -2.23. The van der Waals surface area contributed by atoms with Gasteiger partial charge < -0.3 is 4.74 Å². The van der Waals surface area contributed by atoms with Crippen molar-refractivity contribution in [2.24, 2.45) is 0 Å². The molecule has 2 aromatic rings. The monoisotopic (exact) mass is 262 g/mol. The van der Waals surface area contributed by atoms with Crippen LogP contribution in [0.4, 0.5) is 8.78 Å². The molecule has 0 saturated heterocycles. The predicted octanol–water partition coefficient (Wildman–Crippen LogP) is 3.62. The average molecular weight is 262 g/mol. The molecule has 2 nitrogen and oxygen atoms in total. The van der Waals surface area contributed by atoms with E-state index in [9.17, 15) is 13.6 Å². The molecule has 0 aliphatic carbocycles. The van der Waals surface area contributed by atoms with Crippen LogP contribution in [0, 0.1) is 11.6 Å². The summed E-state index contributed by atoms with van der Waals surface area (Å²) in [7, 11) is 0. The van der Waals surface area contributed by atoms with Gasteiger partial charge in [-0.3, -0.25) is 4.79 Å². The van der Waals surface area contributed by atoms with Gasteiger partial charge in [-0.25, -0.2) is 8.78 Å². The van der Waals surface area contributed by atoms with E-state index >= 15 is 0 Å². The minimum atomic E-state index is -0.843. The second-order valence-corrected chi connectivity index (χ2v) is 3.93. The molecule has 2 aromatic carbocycles. The van der Waals surface area contributed by atoms with Crippen molar-refractivity contribution in [3.63, 3.8) is 0 Å². The van der Waals surface area contributed by atoms with Gasteiger partial charge in [0.05, 0.1) is 12.2 Å². The highest BCUT2D eigenvalue weighted by Gasteiger charge is 2.16. The van der Waals surface area contributed by atoms with E-state index in [4.69, 9.17) is 4.74 Å². The summed E-state index contributed by atoms with van der Waals surface area (Å²) in [5, 5.41) is 0. The van der Waals surface area contributed by atoms with Crippen LogP contribution in [0.3, 0.4) is 0 Å². The number of para-hydroxylation sites is 1. The first-order valence-electron chi connectivity index (χ1n) is 5.83. The van der Waals surface area contributed by atoms with Gasteiger partial charge in [0, 0.05) is 6.42 Å². The topological polar surface area (TPSA) is 26.3 Å². The number of ketones is 1. The zero-order valence-electron chi connectivity index (χ0n) is 10.1. The molecule has 19 heavy (non-hydrogen) atoms. The molecular formula is C15H12F2O2. The smallest absolute Gasteiger partial charge is 0.172 e. The van der Waals surface area contributed by atoms with Crippen molar-refractivity contribution in [2.75, 3.05) is 6.61 Å². The van der Waals surface area contributed by atoms with Crippen LogP contribution >= 0.6 is 0 Å². The van der Waals surface area contributed by atoms with Crippen LogP contribution in [0.2, 0.25) is 0 Å². The second-order valence-electron chi connectivity index (χ2n) is 3.93. The van der Waals surface area contributed by atoms with Gasteiger partial charge in [0.15, 0.2) is 5.78 Å². The molecule has 0 bridgehead atoms. The molecule has 4 heteroatoms. The normalized spacial score (nSPS) is 10.2. The van der Waals surface area contributed by atoms with Crippen molar-refractivity contribution in [3.05, 3.63) is 65.7 Å². The van der Waals surface area contributed by atoms with Gasteiger partial charge in [0.25, 0.3) is 0 Å². The van der Waals surface area contributed by atoms with Crippen molar-refractivity contribution in [2.45, 2.75) is 6.42 Å². The summed E-state index contributed by atoms with van der Waals surface area (Å²) in [6.07, 6.45) is -0.0766. The van der Waals surface area contributed by atoms with E-state index in [0.29, 0.717) is 5.75 Å². The molecule has 0 amide bonds. The van der Waals surface area contributed by atoms with Gasteiger partial charge in [-0.1, -0.05) is 24.3 Å².